The Labute approximate surface area is 128 Å². The predicted molar refractivity (Wildman–Crippen MR) is 79.0 cm³/mol. The van der Waals surface area contributed by atoms with Crippen LogP contribution in [0.5, 0.6) is 0 Å². The Bertz CT molecular complexity index is 607. The van der Waals surface area contributed by atoms with Gasteiger partial charge in [0, 0.05) is 12.7 Å². The maximum atomic E-state index is 12.0. The molecule has 1 atom stereocenters. The van der Waals surface area contributed by atoms with Crippen LogP contribution in [0.1, 0.15) is 32.4 Å². The molecule has 4 amide bonds. The monoisotopic (exact) mass is 307 g/mol. The molecule has 0 saturated carbocycles. The van der Waals surface area contributed by atoms with Gasteiger partial charge >= 0.3 is 6.03 Å². The van der Waals surface area contributed by atoms with Crippen LogP contribution in [0.4, 0.5) is 4.79 Å². The van der Waals surface area contributed by atoms with Gasteiger partial charge in [-0.05, 0) is 33.3 Å². The molecule has 8 nitrogen and oxygen atoms in total. The second-order valence-electron chi connectivity index (χ2n) is 6.06. The molecule has 2 N–H and O–H groups in total. The van der Waals surface area contributed by atoms with Gasteiger partial charge in [-0.3, -0.25) is 19.6 Å². The molecule has 1 aromatic heterocycles. The van der Waals surface area contributed by atoms with Gasteiger partial charge in [-0.15, -0.1) is 0 Å². The fraction of sp³-hybridized carbons (Fsp3) is 0.571. The highest BCUT2D eigenvalue weighted by Crippen LogP contribution is 2.20. The van der Waals surface area contributed by atoms with Crippen molar-refractivity contribution in [1.82, 2.24) is 25.3 Å². The number of carbonyl (C=O) groups is 3. The van der Waals surface area contributed by atoms with E-state index < -0.39 is 17.5 Å². The number of aryl methyl sites for hydroxylation is 1. The van der Waals surface area contributed by atoms with Crippen LogP contribution in [-0.2, 0) is 9.59 Å². The summed E-state index contributed by atoms with van der Waals surface area (Å²) in [7, 11) is 0. The van der Waals surface area contributed by atoms with Crippen LogP contribution in [0.2, 0.25) is 0 Å². The molecule has 0 spiro atoms. The number of nitrogens with zero attached hydrogens (tertiary/aromatic N) is 3. The molecule has 0 radical (unpaired) electrons. The number of hydrogen-bond acceptors (Lipinski definition) is 4. The lowest BCUT2D eigenvalue weighted by Gasteiger charge is -2.27. The van der Waals surface area contributed by atoms with Gasteiger partial charge in [0.25, 0.3) is 5.91 Å². The maximum absolute atomic E-state index is 12.0. The van der Waals surface area contributed by atoms with Gasteiger partial charge in [-0.2, -0.15) is 5.10 Å². The largest absolute Gasteiger partial charge is 0.352 e. The summed E-state index contributed by atoms with van der Waals surface area (Å²) in [5, 5.41) is 9.16. The summed E-state index contributed by atoms with van der Waals surface area (Å²) in [6.45, 7) is 7.33. The third kappa shape index (κ3) is 3.10. The van der Waals surface area contributed by atoms with Gasteiger partial charge in [0.15, 0.2) is 0 Å². The van der Waals surface area contributed by atoms with Gasteiger partial charge < -0.3 is 10.2 Å². The van der Waals surface area contributed by atoms with Crippen molar-refractivity contribution in [2.45, 2.75) is 39.3 Å². The number of imide groups is 1. The number of rotatable bonds is 5. The van der Waals surface area contributed by atoms with Crippen LogP contribution in [0, 0.1) is 6.92 Å². The van der Waals surface area contributed by atoms with E-state index >= 15 is 0 Å². The van der Waals surface area contributed by atoms with Gasteiger partial charge in [0.05, 0.1) is 12.2 Å². The molecule has 2 rings (SSSR count). The number of nitrogens with one attached hydrogen (secondary N) is 2. The molecular weight excluding hydrogens is 286 g/mol. The Morgan fingerprint density at radius 2 is 2.14 bits per heavy atom. The summed E-state index contributed by atoms with van der Waals surface area (Å²) in [6.07, 6.45) is 3.65. The first kappa shape index (κ1) is 16.0. The zero-order valence-corrected chi connectivity index (χ0v) is 13.2. The second kappa shape index (κ2) is 5.78. The highest BCUT2D eigenvalue weighted by Gasteiger charge is 2.46. The molecule has 8 heteroatoms. The Morgan fingerprint density at radius 1 is 1.45 bits per heavy atom. The molecule has 1 saturated heterocycles. The standard InChI is InChI=1S/C14H21N5O3/c1-9-5-16-19(7-9)10(2)6-15-11(20)8-18-13(22)17-12(21)14(18,3)4/h5,7,10H,6,8H2,1-4H3,(H,15,20)(H,17,21,22)/t10-/m1/s1. The summed E-state index contributed by atoms with van der Waals surface area (Å²) >= 11 is 0. The molecular formula is C14H21N5O3. The van der Waals surface area contributed by atoms with Crippen molar-refractivity contribution < 1.29 is 14.4 Å². The van der Waals surface area contributed by atoms with E-state index in [0.717, 1.165) is 5.56 Å². The van der Waals surface area contributed by atoms with Crippen molar-refractivity contribution >= 4 is 17.8 Å². The SMILES string of the molecule is Cc1cnn([C@H](C)CNC(=O)CN2C(=O)NC(=O)C2(C)C)c1. The molecule has 0 bridgehead atoms. The normalized spacial score (nSPS) is 18.3. The average Bonchev–Trinajstić information content (AvgIpc) is 2.94. The van der Waals surface area contributed by atoms with E-state index in [2.05, 4.69) is 15.7 Å². The minimum Gasteiger partial charge on any atom is -0.352 e. The van der Waals surface area contributed by atoms with E-state index in [1.807, 2.05) is 20.0 Å². The van der Waals surface area contributed by atoms with E-state index in [9.17, 15) is 14.4 Å². The first-order chi connectivity index (χ1) is 10.2. The van der Waals surface area contributed by atoms with Crippen LogP contribution in [0.3, 0.4) is 0 Å². The average molecular weight is 307 g/mol. The smallest absolute Gasteiger partial charge is 0.325 e. The quantitative estimate of drug-likeness (QED) is 0.759. The number of hydrogen-bond donors (Lipinski definition) is 2. The maximum Gasteiger partial charge on any atom is 0.325 e. The zero-order valence-electron chi connectivity index (χ0n) is 13.2. The van der Waals surface area contributed by atoms with Gasteiger partial charge in [0.1, 0.15) is 12.1 Å². The van der Waals surface area contributed by atoms with Crippen LogP contribution in [0.15, 0.2) is 12.4 Å². The lowest BCUT2D eigenvalue weighted by atomic mass is 10.0. The van der Waals surface area contributed by atoms with Crippen molar-refractivity contribution in [1.29, 1.82) is 0 Å². The summed E-state index contributed by atoms with van der Waals surface area (Å²) in [6, 6.07) is -0.541. The Kier molecular flexibility index (Phi) is 4.20. The Hall–Kier alpha value is -2.38. The van der Waals surface area contributed by atoms with Crippen LogP contribution < -0.4 is 10.6 Å². The minimum absolute atomic E-state index is 0.000281. The molecule has 22 heavy (non-hydrogen) atoms. The molecule has 1 aromatic rings. The second-order valence-corrected chi connectivity index (χ2v) is 6.06. The molecule has 1 fully saturated rings. The molecule has 0 aromatic carbocycles. The summed E-state index contributed by atoms with van der Waals surface area (Å²) in [5.74, 6) is -0.709. The van der Waals surface area contributed by atoms with Gasteiger partial charge in [0.2, 0.25) is 5.91 Å². The zero-order chi connectivity index (χ0) is 16.5. The first-order valence-electron chi connectivity index (χ1n) is 7.12. The highest BCUT2D eigenvalue weighted by atomic mass is 16.2. The summed E-state index contributed by atoms with van der Waals surface area (Å²) in [4.78, 5) is 36.6. The van der Waals surface area contributed by atoms with Crippen molar-refractivity contribution in [2.75, 3.05) is 13.1 Å². The third-order valence-corrected chi connectivity index (χ3v) is 3.77. The molecule has 2 heterocycles. The van der Waals surface area contributed by atoms with E-state index in [1.54, 1.807) is 24.7 Å². The molecule has 0 aliphatic carbocycles. The van der Waals surface area contributed by atoms with Crippen molar-refractivity contribution in [3.05, 3.63) is 18.0 Å². The first-order valence-corrected chi connectivity index (χ1v) is 7.12. The van der Waals surface area contributed by atoms with Gasteiger partial charge in [-0.1, -0.05) is 0 Å². The Morgan fingerprint density at radius 3 is 2.64 bits per heavy atom. The number of urea groups is 1. The van der Waals surface area contributed by atoms with Gasteiger partial charge in [-0.25, -0.2) is 4.79 Å². The fourth-order valence-electron chi connectivity index (χ4n) is 2.19. The number of carbonyl (C=O) groups excluding carboxylic acids is 3. The topological polar surface area (TPSA) is 96.3 Å². The van der Waals surface area contributed by atoms with Crippen molar-refractivity contribution in [2.24, 2.45) is 0 Å². The van der Waals surface area contributed by atoms with Crippen LogP contribution in [-0.4, -0.2) is 51.2 Å². The fourth-order valence-corrected chi connectivity index (χ4v) is 2.19. The van der Waals surface area contributed by atoms with Crippen molar-refractivity contribution in [3.63, 3.8) is 0 Å². The molecule has 1 aliphatic rings. The van der Waals surface area contributed by atoms with Crippen LogP contribution in [0.25, 0.3) is 0 Å². The number of amides is 4. The van der Waals surface area contributed by atoms with Crippen LogP contribution >= 0.6 is 0 Å². The minimum atomic E-state index is -1.01. The Balaban J connectivity index is 1.88. The molecule has 1 aliphatic heterocycles. The lowest BCUT2D eigenvalue weighted by Crippen LogP contribution is -2.49. The number of aromatic nitrogens is 2. The molecule has 0 unspecified atom stereocenters. The van der Waals surface area contributed by atoms with E-state index in [1.165, 1.54) is 4.90 Å². The van der Waals surface area contributed by atoms with E-state index in [0.29, 0.717) is 6.54 Å². The third-order valence-electron chi connectivity index (χ3n) is 3.77. The van der Waals surface area contributed by atoms with E-state index in [-0.39, 0.29) is 18.5 Å². The summed E-state index contributed by atoms with van der Waals surface area (Å²) < 4.78 is 1.77. The highest BCUT2D eigenvalue weighted by molar-refractivity contribution is 6.07. The predicted octanol–water partition coefficient (Wildman–Crippen LogP) is 0.199. The van der Waals surface area contributed by atoms with Crippen molar-refractivity contribution in [3.8, 4) is 0 Å². The summed E-state index contributed by atoms with van der Waals surface area (Å²) in [5.41, 5.74) is 0.0336. The van der Waals surface area contributed by atoms with E-state index in [4.69, 9.17) is 0 Å². The molecule has 120 valence electrons. The lowest BCUT2D eigenvalue weighted by molar-refractivity contribution is -0.127.